The molecule has 0 aromatic rings. The molecule has 2 atom stereocenters. The number of rotatable bonds is 3. The maximum absolute atomic E-state index is 11.3. The first-order valence-corrected chi connectivity index (χ1v) is 7.77. The summed E-state index contributed by atoms with van der Waals surface area (Å²) < 4.78 is 23.6. The van der Waals surface area contributed by atoms with E-state index in [2.05, 4.69) is 21.0 Å². The minimum atomic E-state index is -2.82. The Balaban J connectivity index is 2.66. The van der Waals surface area contributed by atoms with Crippen LogP contribution in [0.15, 0.2) is 0 Å². The van der Waals surface area contributed by atoms with Gasteiger partial charge in [-0.05, 0) is 12.8 Å². The number of hydrogen-bond donors (Lipinski definition) is 0. The topological polar surface area (TPSA) is 34.1 Å². The fraction of sp³-hybridized carbons (Fsp3) is 1.00. The van der Waals surface area contributed by atoms with Gasteiger partial charge in [0.05, 0.1) is 32.9 Å². The van der Waals surface area contributed by atoms with E-state index >= 15 is 0 Å². The minimum Gasteiger partial charge on any atom is -0.328 e. The Kier molecular flexibility index (Phi) is 3.82. The van der Waals surface area contributed by atoms with E-state index in [1.54, 1.807) is 0 Å². The van der Waals surface area contributed by atoms with Gasteiger partial charge in [-0.3, -0.25) is 0 Å². The maximum Gasteiger partial charge on any atom is 0.147 e. The quantitative estimate of drug-likeness (QED) is 0.687. The zero-order valence-corrected chi connectivity index (χ0v) is 11.2. The molecule has 0 aliphatic carbocycles. The van der Waals surface area contributed by atoms with Crippen LogP contribution >= 0.6 is 0 Å². The molecule has 90 valence electrons. The van der Waals surface area contributed by atoms with Gasteiger partial charge in [-0.25, -0.2) is 8.42 Å². The summed E-state index contributed by atoms with van der Waals surface area (Å²) in [7, 11) is 1.60. The molecule has 3 nitrogen and oxygen atoms in total. The van der Waals surface area contributed by atoms with Gasteiger partial charge < -0.3 is 4.48 Å². The highest BCUT2D eigenvalue weighted by atomic mass is 32.2. The van der Waals surface area contributed by atoms with Crippen molar-refractivity contribution in [1.82, 2.24) is 0 Å². The van der Waals surface area contributed by atoms with Crippen LogP contribution in [0.1, 0.15) is 19.8 Å². The number of quaternary nitrogens is 1. The van der Waals surface area contributed by atoms with Crippen LogP contribution in [0.3, 0.4) is 0 Å². The molecule has 1 aliphatic heterocycles. The molecule has 0 aromatic heterocycles. The molecule has 15 heavy (non-hydrogen) atoms. The Labute approximate surface area is 94.0 Å². The summed E-state index contributed by atoms with van der Waals surface area (Å²) in [5.41, 5.74) is 0. The van der Waals surface area contributed by atoms with E-state index in [1.165, 1.54) is 19.2 Å². The second-order valence-electron chi connectivity index (χ2n) is 5.77. The van der Waals surface area contributed by atoms with Crippen molar-refractivity contribution in [2.24, 2.45) is 11.8 Å². The largest absolute Gasteiger partial charge is 0.328 e. The molecule has 0 bridgehead atoms. The molecule has 4 heteroatoms. The number of hydrogen-bond acceptors (Lipinski definition) is 2. The van der Waals surface area contributed by atoms with Gasteiger partial charge in [0.1, 0.15) is 9.84 Å². The van der Waals surface area contributed by atoms with Crippen molar-refractivity contribution in [2.75, 3.05) is 39.2 Å². The fourth-order valence-corrected chi connectivity index (χ4v) is 4.04. The third kappa shape index (κ3) is 4.51. The van der Waals surface area contributed by atoms with Gasteiger partial charge in [0.15, 0.2) is 0 Å². The summed E-state index contributed by atoms with van der Waals surface area (Å²) in [5, 5.41) is 0. The molecule has 0 saturated carbocycles. The Bertz CT molecular complexity index is 309. The van der Waals surface area contributed by atoms with Crippen molar-refractivity contribution in [3.05, 3.63) is 0 Å². The molecule has 1 rings (SSSR count). The summed E-state index contributed by atoms with van der Waals surface area (Å²) in [6, 6.07) is 0. The van der Waals surface area contributed by atoms with Gasteiger partial charge in [-0.15, -0.1) is 0 Å². The second kappa shape index (κ2) is 4.42. The molecule has 0 spiro atoms. The van der Waals surface area contributed by atoms with E-state index in [4.69, 9.17) is 0 Å². The average molecular weight is 234 g/mol. The van der Waals surface area contributed by atoms with Crippen LogP contribution in [-0.4, -0.2) is 52.1 Å². The monoisotopic (exact) mass is 234 g/mol. The third-order valence-corrected chi connectivity index (χ3v) is 4.36. The number of nitrogens with zero attached hydrogens (tertiary/aromatic N) is 1. The molecule has 2 unspecified atom stereocenters. The number of piperidine rings is 1. The Morgan fingerprint density at radius 2 is 1.73 bits per heavy atom. The number of sulfone groups is 1. The first-order chi connectivity index (χ1) is 6.72. The zero-order valence-electron chi connectivity index (χ0n) is 10.4. The molecular weight excluding hydrogens is 210 g/mol. The van der Waals surface area contributed by atoms with E-state index in [1.807, 2.05) is 0 Å². The molecule has 0 aromatic carbocycles. The van der Waals surface area contributed by atoms with Crippen LogP contribution in [0.4, 0.5) is 0 Å². The fourth-order valence-electron chi connectivity index (χ4n) is 2.94. The molecule has 0 N–H and O–H groups in total. The predicted molar refractivity (Wildman–Crippen MR) is 63.4 cm³/mol. The molecule has 0 radical (unpaired) electrons. The van der Waals surface area contributed by atoms with Gasteiger partial charge in [0.25, 0.3) is 0 Å². The summed E-state index contributed by atoms with van der Waals surface area (Å²) in [5.74, 6) is 1.42. The molecule has 1 heterocycles. The highest BCUT2D eigenvalue weighted by Crippen LogP contribution is 2.27. The molecule has 1 fully saturated rings. The average Bonchev–Trinajstić information content (AvgIpc) is 1.97. The van der Waals surface area contributed by atoms with Crippen LogP contribution in [0.5, 0.6) is 0 Å². The van der Waals surface area contributed by atoms with E-state index < -0.39 is 9.84 Å². The lowest BCUT2D eigenvalue weighted by molar-refractivity contribution is -0.902. The third-order valence-electron chi connectivity index (χ3n) is 3.29. The Morgan fingerprint density at radius 1 is 1.20 bits per heavy atom. The number of likely N-dealkylation sites (tertiary alicyclic amines) is 1. The van der Waals surface area contributed by atoms with Gasteiger partial charge in [-0.1, -0.05) is 6.92 Å². The lowest BCUT2D eigenvalue weighted by Gasteiger charge is -2.41. The van der Waals surface area contributed by atoms with E-state index in [0.29, 0.717) is 17.6 Å². The van der Waals surface area contributed by atoms with Crippen molar-refractivity contribution in [2.45, 2.75) is 19.8 Å². The smallest absolute Gasteiger partial charge is 0.147 e. The van der Waals surface area contributed by atoms with Crippen LogP contribution < -0.4 is 0 Å². The standard InChI is InChI=1S/C11H24NO2S/c1-5-10-6-11(9-15(4,13)14)8-12(2,3)7-10/h10-11H,5-9H2,1-4H3/q+1. The minimum absolute atomic E-state index is 0.355. The van der Waals surface area contributed by atoms with Crippen molar-refractivity contribution < 1.29 is 12.9 Å². The lowest BCUT2D eigenvalue weighted by Crippen LogP contribution is -2.52. The molecule has 1 saturated heterocycles. The van der Waals surface area contributed by atoms with Crippen molar-refractivity contribution in [1.29, 1.82) is 0 Å². The summed E-state index contributed by atoms with van der Waals surface area (Å²) in [4.78, 5) is 0. The summed E-state index contributed by atoms with van der Waals surface area (Å²) in [6.07, 6.45) is 3.61. The highest BCUT2D eigenvalue weighted by molar-refractivity contribution is 7.90. The molecular formula is C11H24NO2S+. The van der Waals surface area contributed by atoms with E-state index in [-0.39, 0.29) is 0 Å². The van der Waals surface area contributed by atoms with Crippen LogP contribution in [0.25, 0.3) is 0 Å². The van der Waals surface area contributed by atoms with Gasteiger partial charge in [-0.2, -0.15) is 0 Å². The van der Waals surface area contributed by atoms with Crippen molar-refractivity contribution in [3.63, 3.8) is 0 Å². The van der Waals surface area contributed by atoms with E-state index in [9.17, 15) is 8.42 Å². The lowest BCUT2D eigenvalue weighted by atomic mass is 9.87. The molecule has 0 amide bonds. The normalized spacial score (nSPS) is 31.5. The van der Waals surface area contributed by atoms with E-state index in [0.717, 1.165) is 17.4 Å². The SMILES string of the molecule is CCC1CC(CS(C)(=O)=O)C[N+](C)(C)C1. The second-order valence-corrected chi connectivity index (χ2v) is 7.95. The van der Waals surface area contributed by atoms with Gasteiger partial charge >= 0.3 is 0 Å². The highest BCUT2D eigenvalue weighted by Gasteiger charge is 2.34. The zero-order chi connectivity index (χ0) is 11.7. The van der Waals surface area contributed by atoms with Gasteiger partial charge in [0.2, 0.25) is 0 Å². The summed E-state index contributed by atoms with van der Waals surface area (Å²) in [6.45, 7) is 4.40. The first-order valence-electron chi connectivity index (χ1n) is 5.71. The van der Waals surface area contributed by atoms with Crippen molar-refractivity contribution in [3.8, 4) is 0 Å². The van der Waals surface area contributed by atoms with Crippen LogP contribution in [0.2, 0.25) is 0 Å². The Morgan fingerprint density at radius 3 is 2.20 bits per heavy atom. The maximum atomic E-state index is 11.3. The summed E-state index contributed by atoms with van der Waals surface area (Å²) >= 11 is 0. The van der Waals surface area contributed by atoms with Crippen LogP contribution in [-0.2, 0) is 9.84 Å². The predicted octanol–water partition coefficient (Wildman–Crippen LogP) is 1.15. The molecule has 1 aliphatic rings. The van der Waals surface area contributed by atoms with Crippen molar-refractivity contribution >= 4 is 9.84 Å². The van der Waals surface area contributed by atoms with Crippen LogP contribution in [0, 0.1) is 11.8 Å². The first kappa shape index (κ1) is 13.0. The Hall–Kier alpha value is -0.0900. The van der Waals surface area contributed by atoms with Gasteiger partial charge in [0, 0.05) is 18.1 Å².